The summed E-state index contributed by atoms with van der Waals surface area (Å²) in [5.41, 5.74) is 2.00. The van der Waals surface area contributed by atoms with Crippen LogP contribution >= 0.6 is 0 Å². The lowest BCUT2D eigenvalue weighted by Crippen LogP contribution is -2.48. The van der Waals surface area contributed by atoms with Crippen LogP contribution in [0.25, 0.3) is 10.9 Å². The van der Waals surface area contributed by atoms with Crippen LogP contribution in [0.1, 0.15) is 22.8 Å². The minimum atomic E-state index is -0.173. The van der Waals surface area contributed by atoms with Crippen molar-refractivity contribution in [3.05, 3.63) is 45.7 Å². The molecule has 1 aromatic heterocycles. The summed E-state index contributed by atoms with van der Waals surface area (Å²) in [5.74, 6) is -0.168. The van der Waals surface area contributed by atoms with Crippen molar-refractivity contribution in [1.82, 2.24) is 14.8 Å². The van der Waals surface area contributed by atoms with Crippen LogP contribution in [-0.4, -0.2) is 53.9 Å². The van der Waals surface area contributed by atoms with Gasteiger partial charge in [0.15, 0.2) is 0 Å². The van der Waals surface area contributed by atoms with Gasteiger partial charge in [-0.05, 0) is 25.1 Å². The van der Waals surface area contributed by atoms with E-state index in [1.54, 1.807) is 17.2 Å². The first-order chi connectivity index (χ1) is 10.6. The molecule has 0 bridgehead atoms. The molecule has 2 aromatic rings. The number of pyridine rings is 1. The average molecular weight is 299 g/mol. The number of hydrogen-bond acceptors (Lipinski definition) is 3. The van der Waals surface area contributed by atoms with Crippen LogP contribution < -0.4 is 5.43 Å². The van der Waals surface area contributed by atoms with Crippen molar-refractivity contribution in [1.29, 1.82) is 0 Å². The summed E-state index contributed by atoms with van der Waals surface area (Å²) in [6.07, 6.45) is 2.42. The molecule has 2 heterocycles. The molecule has 22 heavy (non-hydrogen) atoms. The maximum atomic E-state index is 12.7. The van der Waals surface area contributed by atoms with Gasteiger partial charge in [0, 0.05) is 37.8 Å². The number of likely N-dealkylation sites (N-methyl/N-ethyl adjacent to an activating group) is 1. The van der Waals surface area contributed by atoms with Crippen LogP contribution in [0.5, 0.6) is 0 Å². The number of aromatic amines is 1. The van der Waals surface area contributed by atoms with Crippen molar-refractivity contribution in [2.75, 3.05) is 33.2 Å². The smallest absolute Gasteiger partial charge is 0.259 e. The monoisotopic (exact) mass is 299 g/mol. The predicted octanol–water partition coefficient (Wildman–Crippen LogP) is 1.48. The first kappa shape index (κ1) is 14.8. The second-order valence-electron chi connectivity index (χ2n) is 5.82. The lowest BCUT2D eigenvalue weighted by molar-refractivity contribution is 0.0662. The van der Waals surface area contributed by atoms with Gasteiger partial charge in [0.25, 0.3) is 5.91 Å². The number of hydrogen-bond donors (Lipinski definition) is 1. The van der Waals surface area contributed by atoms with Crippen LogP contribution in [0.2, 0.25) is 0 Å². The fourth-order valence-electron chi connectivity index (χ4n) is 2.95. The SMILES string of the molecule is CCc1cccc2c(=O)c(C(=O)N3CCN(C)CC3)c[nH]c12. The van der Waals surface area contributed by atoms with Crippen molar-refractivity contribution < 1.29 is 4.79 Å². The Bertz CT molecular complexity index is 758. The van der Waals surface area contributed by atoms with Crippen LogP contribution in [0, 0.1) is 0 Å². The van der Waals surface area contributed by atoms with Gasteiger partial charge < -0.3 is 14.8 Å². The molecule has 3 rings (SSSR count). The highest BCUT2D eigenvalue weighted by Gasteiger charge is 2.23. The summed E-state index contributed by atoms with van der Waals surface area (Å²) in [4.78, 5) is 32.4. The van der Waals surface area contributed by atoms with Crippen LogP contribution in [0.3, 0.4) is 0 Å². The second kappa shape index (κ2) is 5.93. The van der Waals surface area contributed by atoms with Gasteiger partial charge in [-0.15, -0.1) is 0 Å². The Morgan fingerprint density at radius 2 is 1.95 bits per heavy atom. The first-order valence-corrected chi connectivity index (χ1v) is 7.73. The molecule has 1 aromatic carbocycles. The number of aryl methyl sites for hydroxylation is 1. The summed E-state index contributed by atoms with van der Waals surface area (Å²) < 4.78 is 0. The van der Waals surface area contributed by atoms with Crippen molar-refractivity contribution in [3.63, 3.8) is 0 Å². The standard InChI is InChI=1S/C17H21N3O2/c1-3-12-5-4-6-13-15(12)18-11-14(16(13)21)17(22)20-9-7-19(2)8-10-20/h4-6,11H,3,7-10H2,1-2H3,(H,18,21). The van der Waals surface area contributed by atoms with E-state index in [0.29, 0.717) is 18.5 Å². The van der Waals surface area contributed by atoms with E-state index >= 15 is 0 Å². The van der Waals surface area contributed by atoms with Crippen LogP contribution in [-0.2, 0) is 6.42 Å². The van der Waals surface area contributed by atoms with Crippen LogP contribution in [0.15, 0.2) is 29.2 Å². The molecule has 0 saturated carbocycles. The topological polar surface area (TPSA) is 56.4 Å². The summed E-state index contributed by atoms with van der Waals surface area (Å²) >= 11 is 0. The molecule has 0 aliphatic carbocycles. The molecule has 116 valence electrons. The van der Waals surface area contributed by atoms with E-state index in [2.05, 4.69) is 16.8 Å². The molecule has 0 radical (unpaired) electrons. The predicted molar refractivity (Wildman–Crippen MR) is 87.3 cm³/mol. The average Bonchev–Trinajstić information content (AvgIpc) is 2.55. The molecule has 1 aliphatic heterocycles. The van der Waals surface area contributed by atoms with Gasteiger partial charge in [0.2, 0.25) is 5.43 Å². The van der Waals surface area contributed by atoms with Gasteiger partial charge in [-0.1, -0.05) is 19.1 Å². The highest BCUT2D eigenvalue weighted by molar-refractivity contribution is 5.97. The van der Waals surface area contributed by atoms with Gasteiger partial charge in [0.1, 0.15) is 5.56 Å². The zero-order chi connectivity index (χ0) is 15.7. The number of fused-ring (bicyclic) bond motifs is 1. The number of para-hydroxylation sites is 1. The maximum absolute atomic E-state index is 12.7. The van der Waals surface area contributed by atoms with E-state index in [0.717, 1.165) is 30.6 Å². The number of amides is 1. The summed E-state index contributed by atoms with van der Waals surface area (Å²) in [6.45, 7) is 5.08. The molecule has 0 unspecified atom stereocenters. The molecule has 1 amide bonds. The van der Waals surface area contributed by atoms with E-state index in [1.807, 2.05) is 19.2 Å². The molecule has 1 saturated heterocycles. The Morgan fingerprint density at radius 3 is 2.64 bits per heavy atom. The van der Waals surface area contributed by atoms with Crippen molar-refractivity contribution in [3.8, 4) is 0 Å². The maximum Gasteiger partial charge on any atom is 0.259 e. The highest BCUT2D eigenvalue weighted by Crippen LogP contribution is 2.15. The van der Waals surface area contributed by atoms with Crippen molar-refractivity contribution in [2.45, 2.75) is 13.3 Å². The third-order valence-corrected chi connectivity index (χ3v) is 4.40. The van der Waals surface area contributed by atoms with E-state index in [4.69, 9.17) is 0 Å². The minimum Gasteiger partial charge on any atom is -0.360 e. The lowest BCUT2D eigenvalue weighted by Gasteiger charge is -2.32. The number of nitrogens with zero attached hydrogens (tertiary/aromatic N) is 2. The normalized spacial score (nSPS) is 16.2. The number of carbonyl (C=O) groups excluding carboxylic acids is 1. The summed E-state index contributed by atoms with van der Waals surface area (Å²) in [5, 5.41) is 0.597. The molecule has 5 nitrogen and oxygen atoms in total. The van der Waals surface area contributed by atoms with Crippen LogP contribution in [0.4, 0.5) is 0 Å². The van der Waals surface area contributed by atoms with Crippen molar-refractivity contribution >= 4 is 16.8 Å². The number of aromatic nitrogens is 1. The fraction of sp³-hybridized carbons (Fsp3) is 0.412. The first-order valence-electron chi connectivity index (χ1n) is 7.73. The molecule has 0 spiro atoms. The lowest BCUT2D eigenvalue weighted by atomic mass is 10.1. The van der Waals surface area contributed by atoms with E-state index < -0.39 is 0 Å². The van der Waals surface area contributed by atoms with E-state index in [1.165, 1.54) is 0 Å². The number of carbonyl (C=O) groups is 1. The Hall–Kier alpha value is -2.14. The molecular formula is C17H21N3O2. The number of rotatable bonds is 2. The Labute approximate surface area is 129 Å². The van der Waals surface area contributed by atoms with Gasteiger partial charge in [-0.25, -0.2) is 0 Å². The zero-order valence-electron chi connectivity index (χ0n) is 13.1. The fourth-order valence-corrected chi connectivity index (χ4v) is 2.95. The molecule has 1 fully saturated rings. The number of H-pyrrole nitrogens is 1. The molecule has 0 atom stereocenters. The number of nitrogens with one attached hydrogen (secondary N) is 1. The zero-order valence-corrected chi connectivity index (χ0v) is 13.1. The van der Waals surface area contributed by atoms with Gasteiger partial charge >= 0.3 is 0 Å². The summed E-state index contributed by atoms with van der Waals surface area (Å²) in [6, 6.07) is 5.66. The van der Waals surface area contributed by atoms with Gasteiger partial charge in [-0.2, -0.15) is 0 Å². The van der Waals surface area contributed by atoms with Gasteiger partial charge in [0.05, 0.1) is 5.52 Å². The number of piperazine rings is 1. The quantitative estimate of drug-likeness (QED) is 0.914. The second-order valence-corrected chi connectivity index (χ2v) is 5.82. The molecule has 1 aliphatic rings. The minimum absolute atomic E-state index is 0.168. The molecule has 1 N–H and O–H groups in total. The van der Waals surface area contributed by atoms with E-state index in [9.17, 15) is 9.59 Å². The van der Waals surface area contributed by atoms with Gasteiger partial charge in [-0.3, -0.25) is 9.59 Å². The highest BCUT2D eigenvalue weighted by atomic mass is 16.2. The van der Waals surface area contributed by atoms with Crippen molar-refractivity contribution in [2.24, 2.45) is 0 Å². The summed E-state index contributed by atoms with van der Waals surface area (Å²) in [7, 11) is 2.04. The molecular weight excluding hydrogens is 278 g/mol. The Kier molecular flexibility index (Phi) is 3.98. The number of benzene rings is 1. The third kappa shape index (κ3) is 2.52. The molecule has 5 heteroatoms. The Morgan fingerprint density at radius 1 is 1.23 bits per heavy atom. The largest absolute Gasteiger partial charge is 0.360 e. The third-order valence-electron chi connectivity index (χ3n) is 4.40. The van der Waals surface area contributed by atoms with E-state index in [-0.39, 0.29) is 16.9 Å². The Balaban J connectivity index is 2.00.